The highest BCUT2D eigenvalue weighted by molar-refractivity contribution is 7.78. The first kappa shape index (κ1) is 10.2. The molecule has 0 aromatic rings. The van der Waals surface area contributed by atoms with Crippen molar-refractivity contribution >= 4 is 23.5 Å². The molecule has 1 rings (SSSR count). The number of thiocarbonyl (C=S) groups is 1. The van der Waals surface area contributed by atoms with Crippen LogP contribution in [0.1, 0.15) is 13.3 Å². The van der Waals surface area contributed by atoms with Gasteiger partial charge in [-0.3, -0.25) is 0 Å². The molecule has 1 heterocycles. The summed E-state index contributed by atoms with van der Waals surface area (Å²) in [4.78, 5) is 16.8. The highest BCUT2D eigenvalue weighted by Gasteiger charge is 2.26. The lowest BCUT2D eigenvalue weighted by Crippen LogP contribution is -2.29. The minimum absolute atomic E-state index is 0.113. The third kappa shape index (κ3) is 2.79. The number of carbonyl (C=O) groups is 1. The Morgan fingerprint density at radius 2 is 2.62 bits per heavy atom. The molecular formula is C8H12N2O2S. The van der Waals surface area contributed by atoms with E-state index in [0.29, 0.717) is 19.7 Å². The van der Waals surface area contributed by atoms with Crippen LogP contribution in [0.2, 0.25) is 0 Å². The molecule has 1 amide bonds. The molecule has 0 bridgehead atoms. The maximum atomic E-state index is 11.2. The largest absolute Gasteiger partial charge is 0.450 e. The smallest absolute Gasteiger partial charge is 0.409 e. The molecule has 1 unspecified atom stereocenters. The van der Waals surface area contributed by atoms with Crippen molar-refractivity contribution in [2.75, 3.05) is 19.7 Å². The van der Waals surface area contributed by atoms with Gasteiger partial charge in [-0.05, 0) is 25.6 Å². The number of isothiocyanates is 1. The maximum Gasteiger partial charge on any atom is 0.409 e. The van der Waals surface area contributed by atoms with Gasteiger partial charge in [0.05, 0.1) is 17.8 Å². The predicted molar refractivity (Wildman–Crippen MR) is 52.0 cm³/mol. The summed E-state index contributed by atoms with van der Waals surface area (Å²) in [6, 6.07) is 0.113. The van der Waals surface area contributed by atoms with E-state index in [-0.39, 0.29) is 12.1 Å². The third-order valence-electron chi connectivity index (χ3n) is 1.92. The van der Waals surface area contributed by atoms with E-state index < -0.39 is 0 Å². The topological polar surface area (TPSA) is 41.9 Å². The number of rotatable bonds is 2. The number of aliphatic imine (C=N–C) groups is 1. The summed E-state index contributed by atoms with van der Waals surface area (Å²) in [6.45, 7) is 3.50. The van der Waals surface area contributed by atoms with Gasteiger partial charge < -0.3 is 9.64 Å². The van der Waals surface area contributed by atoms with Gasteiger partial charge >= 0.3 is 6.09 Å². The number of hydrogen-bond acceptors (Lipinski definition) is 4. The summed E-state index contributed by atoms with van der Waals surface area (Å²) in [5.74, 6) is 0. The van der Waals surface area contributed by atoms with Gasteiger partial charge in [-0.2, -0.15) is 0 Å². The van der Waals surface area contributed by atoms with E-state index >= 15 is 0 Å². The first-order valence-corrected chi connectivity index (χ1v) is 4.67. The molecular weight excluding hydrogens is 188 g/mol. The lowest BCUT2D eigenvalue weighted by Gasteiger charge is -2.13. The molecule has 0 aromatic carbocycles. The van der Waals surface area contributed by atoms with Gasteiger partial charge in [-0.25, -0.2) is 9.79 Å². The van der Waals surface area contributed by atoms with Gasteiger partial charge in [0.1, 0.15) is 0 Å². The van der Waals surface area contributed by atoms with Crippen molar-refractivity contribution in [1.82, 2.24) is 4.90 Å². The van der Waals surface area contributed by atoms with E-state index in [4.69, 9.17) is 4.74 Å². The van der Waals surface area contributed by atoms with Crippen molar-refractivity contribution in [3.63, 3.8) is 0 Å². The molecule has 1 atom stereocenters. The molecule has 0 aromatic heterocycles. The average Bonchev–Trinajstić information content (AvgIpc) is 2.54. The number of amides is 1. The van der Waals surface area contributed by atoms with E-state index in [0.717, 1.165) is 6.42 Å². The van der Waals surface area contributed by atoms with Gasteiger partial charge in [0.25, 0.3) is 0 Å². The minimum atomic E-state index is -0.260. The molecule has 1 aliphatic rings. The molecule has 0 aliphatic carbocycles. The monoisotopic (exact) mass is 200 g/mol. The second-order valence-electron chi connectivity index (χ2n) is 2.81. The SMILES string of the molecule is CCOC(=O)N1CCC(N=C=S)C1. The number of ether oxygens (including phenoxy) is 1. The molecule has 0 N–H and O–H groups in total. The lowest BCUT2D eigenvalue weighted by molar-refractivity contribution is 0.115. The molecule has 5 heteroatoms. The van der Waals surface area contributed by atoms with Crippen LogP contribution in [-0.4, -0.2) is 41.9 Å². The molecule has 0 radical (unpaired) electrons. The number of hydrogen-bond donors (Lipinski definition) is 0. The van der Waals surface area contributed by atoms with Gasteiger partial charge in [0.15, 0.2) is 0 Å². The normalized spacial score (nSPS) is 21.0. The Balaban J connectivity index is 2.40. The zero-order valence-corrected chi connectivity index (χ0v) is 8.34. The fourth-order valence-electron chi connectivity index (χ4n) is 1.30. The van der Waals surface area contributed by atoms with Crippen molar-refractivity contribution in [2.45, 2.75) is 19.4 Å². The Morgan fingerprint density at radius 1 is 1.85 bits per heavy atom. The number of nitrogens with zero attached hydrogens (tertiary/aromatic N) is 2. The van der Waals surface area contributed by atoms with Gasteiger partial charge in [-0.1, -0.05) is 0 Å². The maximum absolute atomic E-state index is 11.2. The van der Waals surface area contributed by atoms with Crippen molar-refractivity contribution < 1.29 is 9.53 Å². The first-order chi connectivity index (χ1) is 6.27. The highest BCUT2D eigenvalue weighted by atomic mass is 32.1. The van der Waals surface area contributed by atoms with Crippen LogP contribution in [0.5, 0.6) is 0 Å². The second-order valence-corrected chi connectivity index (χ2v) is 2.99. The van der Waals surface area contributed by atoms with Crippen molar-refractivity contribution in [3.8, 4) is 0 Å². The summed E-state index contributed by atoms with van der Waals surface area (Å²) < 4.78 is 4.85. The van der Waals surface area contributed by atoms with Crippen LogP contribution in [0.3, 0.4) is 0 Å². The van der Waals surface area contributed by atoms with E-state index in [1.54, 1.807) is 11.8 Å². The zero-order chi connectivity index (χ0) is 9.68. The zero-order valence-electron chi connectivity index (χ0n) is 7.52. The van der Waals surface area contributed by atoms with Crippen LogP contribution in [0.15, 0.2) is 4.99 Å². The van der Waals surface area contributed by atoms with Crippen molar-refractivity contribution in [3.05, 3.63) is 0 Å². The molecule has 72 valence electrons. The van der Waals surface area contributed by atoms with E-state index in [1.807, 2.05) is 0 Å². The lowest BCUT2D eigenvalue weighted by atomic mass is 10.3. The van der Waals surface area contributed by atoms with Crippen LogP contribution in [0, 0.1) is 0 Å². The average molecular weight is 200 g/mol. The number of carbonyl (C=O) groups excluding carboxylic acids is 1. The first-order valence-electron chi connectivity index (χ1n) is 4.26. The van der Waals surface area contributed by atoms with Crippen LogP contribution in [0.4, 0.5) is 4.79 Å². The van der Waals surface area contributed by atoms with Crippen molar-refractivity contribution in [1.29, 1.82) is 0 Å². The van der Waals surface area contributed by atoms with E-state index in [9.17, 15) is 4.79 Å². The van der Waals surface area contributed by atoms with Crippen LogP contribution in [0.25, 0.3) is 0 Å². The van der Waals surface area contributed by atoms with Gasteiger partial charge in [0, 0.05) is 13.1 Å². The van der Waals surface area contributed by atoms with Crippen LogP contribution >= 0.6 is 12.2 Å². The number of likely N-dealkylation sites (tertiary alicyclic amines) is 1. The van der Waals surface area contributed by atoms with Crippen molar-refractivity contribution in [2.24, 2.45) is 4.99 Å². The molecule has 1 fully saturated rings. The Bertz CT molecular complexity index is 238. The van der Waals surface area contributed by atoms with Gasteiger partial charge in [-0.15, -0.1) is 0 Å². The molecule has 13 heavy (non-hydrogen) atoms. The molecule has 0 spiro atoms. The molecule has 0 saturated carbocycles. The Hall–Kier alpha value is -0.930. The third-order valence-corrected chi connectivity index (χ3v) is 2.03. The quantitative estimate of drug-likeness (QED) is 0.498. The summed E-state index contributed by atoms with van der Waals surface area (Å²) in [5.41, 5.74) is 0. The summed E-state index contributed by atoms with van der Waals surface area (Å²) in [6.07, 6.45) is 0.590. The fraction of sp³-hybridized carbons (Fsp3) is 0.750. The second kappa shape index (κ2) is 4.94. The highest BCUT2D eigenvalue weighted by Crippen LogP contribution is 2.12. The van der Waals surface area contributed by atoms with E-state index in [1.165, 1.54) is 0 Å². The molecule has 1 aliphatic heterocycles. The summed E-state index contributed by atoms with van der Waals surface area (Å²) in [5, 5.41) is 2.33. The Kier molecular flexibility index (Phi) is 3.86. The Labute approximate surface area is 82.6 Å². The minimum Gasteiger partial charge on any atom is -0.450 e. The standard InChI is InChI=1S/C8H12N2O2S/c1-2-12-8(11)10-4-3-7(5-10)9-6-13/h7H,2-5H2,1H3. The Morgan fingerprint density at radius 3 is 3.23 bits per heavy atom. The molecule has 4 nitrogen and oxygen atoms in total. The molecule has 1 saturated heterocycles. The predicted octanol–water partition coefficient (Wildman–Crippen LogP) is 1.32. The summed E-state index contributed by atoms with van der Waals surface area (Å²) >= 11 is 4.49. The van der Waals surface area contributed by atoms with Gasteiger partial charge in [0.2, 0.25) is 0 Å². The van der Waals surface area contributed by atoms with E-state index in [2.05, 4.69) is 22.4 Å². The summed E-state index contributed by atoms with van der Waals surface area (Å²) in [7, 11) is 0. The van der Waals surface area contributed by atoms with Crippen LogP contribution in [-0.2, 0) is 4.74 Å². The van der Waals surface area contributed by atoms with Crippen LogP contribution < -0.4 is 0 Å². The fourth-order valence-corrected chi connectivity index (χ4v) is 1.45.